The minimum atomic E-state index is -4.73. The zero-order valence-electron chi connectivity index (χ0n) is 12.5. The number of thiazole rings is 1. The second-order valence-electron chi connectivity index (χ2n) is 5.17. The Hall–Kier alpha value is -1.32. The van der Waals surface area contributed by atoms with E-state index >= 15 is 0 Å². The number of nitrogens with zero attached hydrogens (tertiary/aromatic N) is 2. The first-order valence-corrected chi connectivity index (χ1v) is 9.07. The third kappa shape index (κ3) is 3.20. The van der Waals surface area contributed by atoms with Crippen LogP contribution >= 0.6 is 46.1 Å². The molecule has 0 bridgehead atoms. The van der Waals surface area contributed by atoms with Gasteiger partial charge >= 0.3 is 6.18 Å². The highest BCUT2D eigenvalue weighted by Gasteiger charge is 2.44. The van der Waals surface area contributed by atoms with E-state index in [1.54, 1.807) is 0 Å². The van der Waals surface area contributed by atoms with Crippen molar-refractivity contribution in [3.63, 3.8) is 0 Å². The lowest BCUT2D eigenvalue weighted by molar-refractivity contribution is -0.137. The molecule has 1 aromatic heterocycles. The normalized spacial score (nSPS) is 17.7. The molecular weight excluding hydrogens is 436 g/mol. The number of aliphatic hydroxyl groups is 1. The molecule has 0 spiro atoms. The Kier molecular flexibility index (Phi) is 5.24. The fourth-order valence-corrected chi connectivity index (χ4v) is 4.04. The summed E-state index contributed by atoms with van der Waals surface area (Å²) < 4.78 is 40.8. The van der Waals surface area contributed by atoms with Crippen molar-refractivity contribution in [3.05, 3.63) is 52.2 Å². The zero-order valence-corrected chi connectivity index (χ0v) is 15.6. The molecule has 4 nitrogen and oxygen atoms in total. The van der Waals surface area contributed by atoms with Gasteiger partial charge < -0.3 is 5.11 Å². The van der Waals surface area contributed by atoms with Crippen LogP contribution in [0.2, 0.25) is 0 Å². The molecule has 1 N–H and O–H groups in total. The van der Waals surface area contributed by atoms with Crippen LogP contribution in [-0.4, -0.2) is 20.2 Å². The van der Waals surface area contributed by atoms with Gasteiger partial charge in [0.2, 0.25) is 0 Å². The molecule has 138 valence electrons. The average molecular weight is 444 g/mol. The molecule has 11 heteroatoms. The van der Waals surface area contributed by atoms with Crippen molar-refractivity contribution in [2.24, 2.45) is 0 Å². The third-order valence-corrected chi connectivity index (χ3v) is 5.08. The fraction of sp³-hybridized carbons (Fsp3) is 0.200. The van der Waals surface area contributed by atoms with Gasteiger partial charge in [-0.05, 0) is 17.7 Å². The smallest absolute Gasteiger partial charge is 0.383 e. The second kappa shape index (κ2) is 7.01. The number of hydrogen-bond acceptors (Lipinski definition) is 5. The van der Waals surface area contributed by atoms with Gasteiger partial charge in [-0.2, -0.15) is 13.2 Å². The lowest BCUT2D eigenvalue weighted by atomic mass is 9.91. The minimum Gasteiger partial charge on any atom is -0.383 e. The minimum absolute atomic E-state index is 0.0894. The highest BCUT2D eigenvalue weighted by atomic mass is 35.5. The zero-order chi connectivity index (χ0) is 19.2. The van der Waals surface area contributed by atoms with Gasteiger partial charge in [0.15, 0.2) is 5.13 Å². The standard InChI is InChI=1S/C15H8Cl3F3N2O2S/c16-12(17)10-8(13(18)25)11(24)6-2-1-3-7(15(19,20)21)9(6)23(10)14-22-4-5-26-14/h1-5,11-12,24H. The van der Waals surface area contributed by atoms with Crippen molar-refractivity contribution < 1.29 is 23.1 Å². The number of alkyl halides is 5. The maximum atomic E-state index is 13.6. The molecule has 1 aliphatic rings. The lowest BCUT2D eigenvalue weighted by Gasteiger charge is -2.37. The van der Waals surface area contributed by atoms with Crippen LogP contribution in [-0.2, 0) is 11.0 Å². The number of para-hydroxylation sites is 1. The number of hydrogen-bond donors (Lipinski definition) is 1. The highest BCUT2D eigenvalue weighted by Crippen LogP contribution is 2.51. The lowest BCUT2D eigenvalue weighted by Crippen LogP contribution is -2.33. The number of aromatic nitrogens is 1. The molecule has 0 fully saturated rings. The Labute approximate surface area is 164 Å². The van der Waals surface area contributed by atoms with Gasteiger partial charge in [-0.25, -0.2) is 4.98 Å². The predicted octanol–water partition coefficient (Wildman–Crippen LogP) is 5.17. The number of halogens is 6. The van der Waals surface area contributed by atoms with Gasteiger partial charge in [-0.15, -0.1) is 11.3 Å². The second-order valence-corrected chi connectivity index (χ2v) is 7.48. The Balaban J connectivity index is 2.42. The predicted molar refractivity (Wildman–Crippen MR) is 94.0 cm³/mol. The van der Waals surface area contributed by atoms with Crippen LogP contribution < -0.4 is 4.90 Å². The van der Waals surface area contributed by atoms with E-state index in [9.17, 15) is 23.1 Å². The molecule has 1 aromatic carbocycles. The number of aliphatic hydroxyl groups excluding tert-OH is 1. The van der Waals surface area contributed by atoms with Gasteiger partial charge in [0, 0.05) is 17.1 Å². The van der Waals surface area contributed by atoms with Crippen molar-refractivity contribution in [1.29, 1.82) is 0 Å². The SMILES string of the molecule is O=C(Cl)C1=C(C(Cl)Cl)N(c2nccs2)c2c(cccc2C(F)(F)F)C1O. The van der Waals surface area contributed by atoms with Gasteiger partial charge in [0.25, 0.3) is 5.24 Å². The van der Waals surface area contributed by atoms with Gasteiger partial charge in [0.05, 0.1) is 22.5 Å². The van der Waals surface area contributed by atoms with Crippen molar-refractivity contribution in [2.75, 3.05) is 4.90 Å². The van der Waals surface area contributed by atoms with Crippen molar-refractivity contribution in [3.8, 4) is 0 Å². The molecule has 0 saturated heterocycles. The van der Waals surface area contributed by atoms with Crippen molar-refractivity contribution in [2.45, 2.75) is 17.1 Å². The summed E-state index contributed by atoms with van der Waals surface area (Å²) in [5.74, 6) is 0. The molecule has 2 aromatic rings. The molecule has 3 rings (SSSR count). The van der Waals surface area contributed by atoms with E-state index in [0.717, 1.165) is 28.4 Å². The molecule has 26 heavy (non-hydrogen) atoms. The van der Waals surface area contributed by atoms with E-state index < -0.39 is 39.2 Å². The van der Waals surface area contributed by atoms with Crippen LogP contribution in [0.1, 0.15) is 17.2 Å². The van der Waals surface area contributed by atoms with E-state index in [1.165, 1.54) is 17.6 Å². The molecule has 0 radical (unpaired) electrons. The highest BCUT2D eigenvalue weighted by molar-refractivity contribution is 7.13. The Morgan fingerprint density at radius 3 is 2.54 bits per heavy atom. The van der Waals surface area contributed by atoms with E-state index in [0.29, 0.717) is 0 Å². The quantitative estimate of drug-likeness (QED) is 0.525. The molecule has 0 amide bonds. The Morgan fingerprint density at radius 2 is 2.04 bits per heavy atom. The summed E-state index contributed by atoms with van der Waals surface area (Å²) in [6.07, 6.45) is -5.08. The summed E-state index contributed by atoms with van der Waals surface area (Å²) in [7, 11) is 0. The average Bonchev–Trinajstić information content (AvgIpc) is 3.06. The summed E-state index contributed by atoms with van der Waals surface area (Å²) in [6, 6.07) is 3.25. The van der Waals surface area contributed by atoms with E-state index in [-0.39, 0.29) is 16.4 Å². The number of fused-ring (bicyclic) bond motifs is 1. The topological polar surface area (TPSA) is 53.4 Å². The fourth-order valence-electron chi connectivity index (χ4n) is 2.75. The van der Waals surface area contributed by atoms with E-state index in [4.69, 9.17) is 34.8 Å². The molecule has 1 aliphatic heterocycles. The van der Waals surface area contributed by atoms with Crippen LogP contribution in [0, 0.1) is 0 Å². The Morgan fingerprint density at radius 1 is 1.35 bits per heavy atom. The van der Waals surface area contributed by atoms with Crippen molar-refractivity contribution >= 4 is 62.2 Å². The molecule has 1 unspecified atom stereocenters. The number of rotatable bonds is 3. The van der Waals surface area contributed by atoms with Crippen LogP contribution in [0.3, 0.4) is 0 Å². The molecule has 1 atom stereocenters. The first-order valence-electron chi connectivity index (χ1n) is 6.94. The summed E-state index contributed by atoms with van der Waals surface area (Å²) in [4.78, 5) is 15.5. The van der Waals surface area contributed by atoms with Gasteiger partial charge in [-0.1, -0.05) is 35.3 Å². The molecule has 0 saturated carbocycles. The maximum absolute atomic E-state index is 13.6. The first kappa shape index (κ1) is 19.4. The van der Waals surface area contributed by atoms with Gasteiger partial charge in [0.1, 0.15) is 10.9 Å². The summed E-state index contributed by atoms with van der Waals surface area (Å²) in [6.45, 7) is 0. The number of allylic oxidation sites excluding steroid dienone is 1. The third-order valence-electron chi connectivity index (χ3n) is 3.71. The van der Waals surface area contributed by atoms with Crippen LogP contribution in [0.5, 0.6) is 0 Å². The maximum Gasteiger partial charge on any atom is 0.418 e. The van der Waals surface area contributed by atoms with E-state index in [1.807, 2.05) is 0 Å². The van der Waals surface area contributed by atoms with Gasteiger partial charge in [-0.3, -0.25) is 9.69 Å². The first-order chi connectivity index (χ1) is 12.1. The largest absolute Gasteiger partial charge is 0.418 e. The van der Waals surface area contributed by atoms with E-state index in [2.05, 4.69) is 4.98 Å². The molecule has 2 heterocycles. The van der Waals surface area contributed by atoms with Crippen LogP contribution in [0.25, 0.3) is 0 Å². The molecule has 0 aliphatic carbocycles. The monoisotopic (exact) mass is 442 g/mol. The van der Waals surface area contributed by atoms with Crippen LogP contribution in [0.15, 0.2) is 41.0 Å². The van der Waals surface area contributed by atoms with Crippen molar-refractivity contribution in [1.82, 2.24) is 4.98 Å². The number of benzene rings is 1. The summed E-state index contributed by atoms with van der Waals surface area (Å²) in [5.41, 5.74) is -2.25. The number of carbonyl (C=O) groups is 1. The molecular formula is C15H8Cl3F3N2O2S. The Bertz CT molecular complexity index is 885. The number of anilines is 2. The summed E-state index contributed by atoms with van der Waals surface area (Å²) in [5, 5.41) is 11.1. The van der Waals surface area contributed by atoms with Crippen LogP contribution in [0.4, 0.5) is 24.0 Å². The number of carbonyl (C=O) groups excluding carboxylic acids is 1. The summed E-state index contributed by atoms with van der Waals surface area (Å²) >= 11 is 18.5.